The zero-order chi connectivity index (χ0) is 15.6. The van der Waals surface area contributed by atoms with Gasteiger partial charge in [0.1, 0.15) is 5.82 Å². The molecule has 110 valence electrons. The van der Waals surface area contributed by atoms with Crippen molar-refractivity contribution in [2.45, 2.75) is 13.0 Å². The highest BCUT2D eigenvalue weighted by molar-refractivity contribution is 9.10. The van der Waals surface area contributed by atoms with Crippen molar-refractivity contribution in [1.82, 2.24) is 4.90 Å². The minimum atomic E-state index is -0.454. The topological polar surface area (TPSA) is 20.3 Å². The largest absolute Gasteiger partial charge is 0.335 e. The van der Waals surface area contributed by atoms with E-state index in [0.717, 1.165) is 5.56 Å². The zero-order valence-electron chi connectivity index (χ0n) is 11.6. The second-order valence-electron chi connectivity index (χ2n) is 4.75. The Morgan fingerprint density at radius 1 is 1.29 bits per heavy atom. The molecule has 0 fully saturated rings. The Kier molecular flexibility index (Phi) is 5.01. The molecule has 1 unspecified atom stereocenters. The minimum Gasteiger partial charge on any atom is -0.335 e. The predicted octanol–water partition coefficient (Wildman–Crippen LogP) is 5.07. The predicted molar refractivity (Wildman–Crippen MR) is 86.1 cm³/mol. The van der Waals surface area contributed by atoms with Gasteiger partial charge in [-0.25, -0.2) is 4.39 Å². The van der Waals surface area contributed by atoms with Crippen LogP contribution in [-0.2, 0) is 0 Å². The van der Waals surface area contributed by atoms with E-state index >= 15 is 0 Å². The Bertz CT molecular complexity index is 677. The van der Waals surface area contributed by atoms with Gasteiger partial charge in [0.25, 0.3) is 5.91 Å². The van der Waals surface area contributed by atoms with Crippen molar-refractivity contribution in [2.75, 3.05) is 7.05 Å². The first-order valence-electron chi connectivity index (χ1n) is 6.38. The van der Waals surface area contributed by atoms with Gasteiger partial charge in [-0.3, -0.25) is 4.79 Å². The van der Waals surface area contributed by atoms with E-state index in [0.29, 0.717) is 10.6 Å². The first kappa shape index (κ1) is 16.0. The first-order valence-corrected chi connectivity index (χ1v) is 7.55. The van der Waals surface area contributed by atoms with Gasteiger partial charge in [0.05, 0.1) is 16.1 Å². The molecule has 0 radical (unpaired) electrons. The summed E-state index contributed by atoms with van der Waals surface area (Å²) in [6, 6.07) is 11.6. The van der Waals surface area contributed by atoms with Gasteiger partial charge in [-0.15, -0.1) is 0 Å². The SMILES string of the molecule is CC(c1cccc(Cl)c1)N(C)C(=O)c1cccc(F)c1Br. The van der Waals surface area contributed by atoms with Crippen LogP contribution in [0.4, 0.5) is 4.39 Å². The number of benzene rings is 2. The molecule has 0 aromatic heterocycles. The molecule has 1 atom stereocenters. The Morgan fingerprint density at radius 2 is 1.95 bits per heavy atom. The van der Waals surface area contributed by atoms with E-state index in [4.69, 9.17) is 11.6 Å². The third-order valence-electron chi connectivity index (χ3n) is 3.41. The molecular formula is C16H14BrClFNO. The number of amides is 1. The van der Waals surface area contributed by atoms with E-state index < -0.39 is 5.82 Å². The molecule has 5 heteroatoms. The average Bonchev–Trinajstić information content (AvgIpc) is 2.48. The van der Waals surface area contributed by atoms with Crippen LogP contribution in [-0.4, -0.2) is 17.9 Å². The fraction of sp³-hybridized carbons (Fsp3) is 0.188. The number of carbonyl (C=O) groups excluding carboxylic acids is 1. The molecule has 0 aliphatic heterocycles. The highest BCUT2D eigenvalue weighted by atomic mass is 79.9. The van der Waals surface area contributed by atoms with E-state index in [1.807, 2.05) is 25.1 Å². The van der Waals surface area contributed by atoms with Crippen LogP contribution in [0.1, 0.15) is 28.9 Å². The number of rotatable bonds is 3. The lowest BCUT2D eigenvalue weighted by Gasteiger charge is -2.26. The Morgan fingerprint density at radius 3 is 2.62 bits per heavy atom. The molecule has 2 aromatic carbocycles. The van der Waals surface area contributed by atoms with Crippen molar-refractivity contribution < 1.29 is 9.18 Å². The Hall–Kier alpha value is -1.39. The molecule has 21 heavy (non-hydrogen) atoms. The maximum Gasteiger partial charge on any atom is 0.255 e. The van der Waals surface area contributed by atoms with E-state index in [1.165, 1.54) is 12.1 Å². The van der Waals surface area contributed by atoms with Crippen LogP contribution in [0.3, 0.4) is 0 Å². The summed E-state index contributed by atoms with van der Waals surface area (Å²) in [6.45, 7) is 1.90. The lowest BCUT2D eigenvalue weighted by atomic mass is 10.1. The highest BCUT2D eigenvalue weighted by Crippen LogP contribution is 2.26. The van der Waals surface area contributed by atoms with Crippen molar-refractivity contribution in [1.29, 1.82) is 0 Å². The summed E-state index contributed by atoms with van der Waals surface area (Å²) in [4.78, 5) is 14.1. The van der Waals surface area contributed by atoms with Crippen molar-refractivity contribution >= 4 is 33.4 Å². The van der Waals surface area contributed by atoms with Gasteiger partial charge in [-0.2, -0.15) is 0 Å². The maximum atomic E-state index is 13.5. The van der Waals surface area contributed by atoms with Crippen LogP contribution >= 0.6 is 27.5 Å². The third-order valence-corrected chi connectivity index (χ3v) is 4.46. The van der Waals surface area contributed by atoms with Crippen molar-refractivity contribution in [3.63, 3.8) is 0 Å². The monoisotopic (exact) mass is 369 g/mol. The van der Waals surface area contributed by atoms with Gasteiger partial charge in [0.15, 0.2) is 0 Å². The number of hydrogen-bond donors (Lipinski definition) is 0. The fourth-order valence-electron chi connectivity index (χ4n) is 2.02. The summed E-state index contributed by atoms with van der Waals surface area (Å²) < 4.78 is 13.7. The van der Waals surface area contributed by atoms with Gasteiger partial charge in [0.2, 0.25) is 0 Å². The number of carbonyl (C=O) groups is 1. The lowest BCUT2D eigenvalue weighted by Crippen LogP contribution is -2.30. The quantitative estimate of drug-likeness (QED) is 0.738. The summed E-state index contributed by atoms with van der Waals surface area (Å²) in [5.74, 6) is -0.710. The average molecular weight is 371 g/mol. The first-order chi connectivity index (χ1) is 9.91. The summed E-state index contributed by atoms with van der Waals surface area (Å²) in [6.07, 6.45) is 0. The molecule has 2 aromatic rings. The molecular weight excluding hydrogens is 357 g/mol. The van der Waals surface area contributed by atoms with Crippen LogP contribution in [0.2, 0.25) is 5.02 Å². The molecule has 0 saturated heterocycles. The normalized spacial score (nSPS) is 12.0. The van der Waals surface area contributed by atoms with Gasteiger partial charge < -0.3 is 4.90 Å². The van der Waals surface area contributed by atoms with Gasteiger partial charge in [0, 0.05) is 12.1 Å². The fourth-order valence-corrected chi connectivity index (χ4v) is 2.66. The molecule has 2 rings (SSSR count). The highest BCUT2D eigenvalue weighted by Gasteiger charge is 2.22. The maximum absolute atomic E-state index is 13.5. The zero-order valence-corrected chi connectivity index (χ0v) is 14.0. The minimum absolute atomic E-state index is 0.175. The summed E-state index contributed by atoms with van der Waals surface area (Å²) >= 11 is 9.10. The molecule has 0 N–H and O–H groups in total. The number of halogens is 3. The molecule has 1 amide bonds. The third kappa shape index (κ3) is 3.44. The van der Waals surface area contributed by atoms with Crippen LogP contribution in [0.25, 0.3) is 0 Å². The van der Waals surface area contributed by atoms with Crippen molar-refractivity contribution in [3.8, 4) is 0 Å². The second kappa shape index (κ2) is 6.58. The smallest absolute Gasteiger partial charge is 0.255 e. The van der Waals surface area contributed by atoms with Crippen LogP contribution in [0, 0.1) is 5.82 Å². The lowest BCUT2D eigenvalue weighted by molar-refractivity contribution is 0.0741. The second-order valence-corrected chi connectivity index (χ2v) is 5.98. The molecule has 0 aliphatic carbocycles. The van der Waals surface area contributed by atoms with Gasteiger partial charge >= 0.3 is 0 Å². The van der Waals surface area contributed by atoms with E-state index in [2.05, 4.69) is 15.9 Å². The molecule has 0 saturated carbocycles. The van der Waals surface area contributed by atoms with Crippen LogP contribution < -0.4 is 0 Å². The molecule has 0 aliphatic rings. The Labute approximate surface area is 136 Å². The van der Waals surface area contributed by atoms with Gasteiger partial charge in [-0.05, 0) is 52.7 Å². The van der Waals surface area contributed by atoms with Crippen LogP contribution in [0.15, 0.2) is 46.9 Å². The number of hydrogen-bond acceptors (Lipinski definition) is 1. The standard InChI is InChI=1S/C16H14BrClFNO/c1-10(11-5-3-6-12(18)9-11)20(2)16(21)13-7-4-8-14(19)15(13)17/h3-10H,1-2H3. The summed E-state index contributed by atoms with van der Waals surface area (Å²) in [5, 5.41) is 0.618. The van der Waals surface area contributed by atoms with Gasteiger partial charge in [-0.1, -0.05) is 29.8 Å². The van der Waals surface area contributed by atoms with E-state index in [9.17, 15) is 9.18 Å². The Balaban J connectivity index is 2.29. The molecule has 0 bridgehead atoms. The summed E-state index contributed by atoms with van der Waals surface area (Å²) in [5.41, 5.74) is 1.22. The van der Waals surface area contributed by atoms with Crippen LogP contribution in [0.5, 0.6) is 0 Å². The van der Waals surface area contributed by atoms with Crippen molar-refractivity contribution in [3.05, 3.63) is 68.9 Å². The summed E-state index contributed by atoms with van der Waals surface area (Å²) in [7, 11) is 1.69. The number of nitrogens with zero attached hydrogens (tertiary/aromatic N) is 1. The van der Waals surface area contributed by atoms with E-state index in [-0.39, 0.29) is 16.4 Å². The molecule has 0 heterocycles. The van der Waals surface area contributed by atoms with Crippen molar-refractivity contribution in [2.24, 2.45) is 0 Å². The van der Waals surface area contributed by atoms with E-state index in [1.54, 1.807) is 24.1 Å². The molecule has 0 spiro atoms. The molecule has 2 nitrogen and oxygen atoms in total.